The van der Waals surface area contributed by atoms with Crippen molar-refractivity contribution in [1.29, 1.82) is 0 Å². The number of urea groups is 1. The summed E-state index contributed by atoms with van der Waals surface area (Å²) >= 11 is 0. The number of aromatic nitrogens is 3. The minimum atomic E-state index is -0.136. The van der Waals surface area contributed by atoms with Gasteiger partial charge < -0.3 is 4.90 Å². The summed E-state index contributed by atoms with van der Waals surface area (Å²) in [5, 5.41) is 7.43. The maximum Gasteiger partial charge on any atom is 0.323 e. The number of hydrogen-bond donors (Lipinski definition) is 1. The van der Waals surface area contributed by atoms with Crippen LogP contribution in [0.4, 0.5) is 10.6 Å². The van der Waals surface area contributed by atoms with Crippen LogP contribution in [0.15, 0.2) is 30.6 Å². The van der Waals surface area contributed by atoms with Gasteiger partial charge in [0.15, 0.2) is 0 Å². The van der Waals surface area contributed by atoms with Crippen LogP contribution in [-0.2, 0) is 7.05 Å². The minimum Gasteiger partial charge on any atom is -0.320 e. The van der Waals surface area contributed by atoms with E-state index in [1.807, 2.05) is 38.5 Å². The van der Waals surface area contributed by atoms with Crippen LogP contribution in [0.1, 0.15) is 63.3 Å². The lowest BCUT2D eigenvalue weighted by Crippen LogP contribution is -2.35. The molecule has 0 aliphatic carbocycles. The normalized spacial score (nSPS) is 12.2. The van der Waals surface area contributed by atoms with Crippen LogP contribution in [0, 0.1) is 0 Å². The molecule has 25 heavy (non-hydrogen) atoms. The van der Waals surface area contributed by atoms with E-state index in [1.54, 1.807) is 15.8 Å². The number of nitrogens with one attached hydrogen (secondary N) is 1. The highest BCUT2D eigenvalue weighted by molar-refractivity contribution is 5.88. The third kappa shape index (κ3) is 4.81. The second kappa shape index (κ2) is 8.65. The van der Waals surface area contributed by atoms with Gasteiger partial charge in [-0.1, -0.05) is 39.7 Å². The molecule has 1 atom stereocenters. The summed E-state index contributed by atoms with van der Waals surface area (Å²) in [6.07, 6.45) is 6.65. The predicted molar refractivity (Wildman–Crippen MR) is 101 cm³/mol. The Balaban J connectivity index is 2.15. The molecule has 0 saturated carbocycles. The monoisotopic (exact) mass is 343 g/mol. The van der Waals surface area contributed by atoms with E-state index in [1.165, 1.54) is 0 Å². The zero-order chi connectivity index (χ0) is 18.4. The van der Waals surface area contributed by atoms with Crippen molar-refractivity contribution in [2.45, 2.75) is 52.0 Å². The predicted octanol–water partition coefficient (Wildman–Crippen LogP) is 4.33. The molecular weight excluding hydrogens is 314 g/mol. The first-order chi connectivity index (χ1) is 11.9. The summed E-state index contributed by atoms with van der Waals surface area (Å²) in [6, 6.07) is 5.74. The minimum absolute atomic E-state index is 0.00597. The molecule has 0 aliphatic heterocycles. The van der Waals surface area contributed by atoms with Crippen molar-refractivity contribution in [1.82, 2.24) is 19.7 Å². The molecule has 0 fully saturated rings. The number of hydrogen-bond acceptors (Lipinski definition) is 3. The van der Waals surface area contributed by atoms with E-state index in [-0.39, 0.29) is 12.1 Å². The van der Waals surface area contributed by atoms with Gasteiger partial charge >= 0.3 is 6.03 Å². The molecule has 0 saturated heterocycles. The van der Waals surface area contributed by atoms with Crippen LogP contribution in [0.2, 0.25) is 0 Å². The highest BCUT2D eigenvalue weighted by Gasteiger charge is 2.22. The number of rotatable bonds is 7. The zero-order valence-electron chi connectivity index (χ0n) is 15.9. The summed E-state index contributed by atoms with van der Waals surface area (Å²) in [7, 11) is 3.68. The van der Waals surface area contributed by atoms with Gasteiger partial charge in [0.05, 0.1) is 11.7 Å². The fourth-order valence-corrected chi connectivity index (χ4v) is 2.78. The van der Waals surface area contributed by atoms with Crippen LogP contribution < -0.4 is 5.32 Å². The van der Waals surface area contributed by atoms with Gasteiger partial charge in [-0.3, -0.25) is 15.0 Å². The molecule has 0 bridgehead atoms. The first kappa shape index (κ1) is 19.0. The number of aryl methyl sites for hydroxylation is 1. The molecule has 2 amide bonds. The van der Waals surface area contributed by atoms with Crippen molar-refractivity contribution in [3.63, 3.8) is 0 Å². The SMILES string of the molecule is CCCCC(c1cccnc1)N(C)C(=O)Nc1cc(C(C)C)nn1C. The highest BCUT2D eigenvalue weighted by atomic mass is 16.2. The van der Waals surface area contributed by atoms with E-state index in [2.05, 4.69) is 36.2 Å². The molecule has 2 aromatic rings. The smallest absolute Gasteiger partial charge is 0.320 e. The summed E-state index contributed by atoms with van der Waals surface area (Å²) in [5.74, 6) is 1.03. The molecule has 0 spiro atoms. The molecule has 2 rings (SSSR count). The lowest BCUT2D eigenvalue weighted by molar-refractivity contribution is 0.199. The Kier molecular flexibility index (Phi) is 6.56. The van der Waals surface area contributed by atoms with Gasteiger partial charge in [-0.2, -0.15) is 5.10 Å². The van der Waals surface area contributed by atoms with E-state index in [4.69, 9.17) is 0 Å². The third-order valence-corrected chi connectivity index (χ3v) is 4.41. The van der Waals surface area contributed by atoms with Gasteiger partial charge in [0.25, 0.3) is 0 Å². The van der Waals surface area contributed by atoms with E-state index in [0.717, 1.165) is 30.5 Å². The highest BCUT2D eigenvalue weighted by Crippen LogP contribution is 2.26. The molecule has 0 radical (unpaired) electrons. The lowest BCUT2D eigenvalue weighted by atomic mass is 10.0. The standard InChI is InChI=1S/C19H29N5O/c1-6-7-10-17(15-9-8-11-20-13-15)23(4)19(25)21-18-12-16(14(2)3)22-24(18)5/h8-9,11-14,17H,6-7,10H2,1-5H3,(H,21,25). The van der Waals surface area contributed by atoms with Crippen molar-refractivity contribution in [2.24, 2.45) is 7.05 Å². The van der Waals surface area contributed by atoms with E-state index in [9.17, 15) is 4.79 Å². The van der Waals surface area contributed by atoms with Crippen molar-refractivity contribution in [3.05, 3.63) is 41.9 Å². The van der Waals surface area contributed by atoms with Crippen molar-refractivity contribution >= 4 is 11.8 Å². The maximum absolute atomic E-state index is 12.8. The van der Waals surface area contributed by atoms with Gasteiger partial charge in [-0.15, -0.1) is 0 Å². The largest absolute Gasteiger partial charge is 0.323 e. The molecule has 2 aromatic heterocycles. The van der Waals surface area contributed by atoms with Gasteiger partial charge in [0, 0.05) is 32.6 Å². The first-order valence-electron chi connectivity index (χ1n) is 8.91. The number of amides is 2. The van der Waals surface area contributed by atoms with E-state index in [0.29, 0.717) is 11.7 Å². The van der Waals surface area contributed by atoms with Gasteiger partial charge in [0.1, 0.15) is 5.82 Å². The Hall–Kier alpha value is -2.37. The van der Waals surface area contributed by atoms with Crippen molar-refractivity contribution in [3.8, 4) is 0 Å². The van der Waals surface area contributed by atoms with Crippen LogP contribution in [0.25, 0.3) is 0 Å². The summed E-state index contributed by atoms with van der Waals surface area (Å²) < 4.78 is 1.71. The number of unbranched alkanes of at least 4 members (excludes halogenated alkanes) is 1. The molecule has 0 aromatic carbocycles. The Labute approximate surface area is 150 Å². The third-order valence-electron chi connectivity index (χ3n) is 4.41. The molecule has 6 nitrogen and oxygen atoms in total. The molecule has 136 valence electrons. The Morgan fingerprint density at radius 3 is 2.72 bits per heavy atom. The number of anilines is 1. The molecule has 1 N–H and O–H groups in total. The van der Waals surface area contributed by atoms with Crippen LogP contribution >= 0.6 is 0 Å². The topological polar surface area (TPSA) is 63.1 Å². The number of pyridine rings is 1. The van der Waals surface area contributed by atoms with Gasteiger partial charge in [-0.05, 0) is 24.0 Å². The fraction of sp³-hybridized carbons (Fsp3) is 0.526. The molecular formula is C19H29N5O. The number of carbonyl (C=O) groups excluding carboxylic acids is 1. The first-order valence-corrected chi connectivity index (χ1v) is 8.91. The van der Waals surface area contributed by atoms with Gasteiger partial charge in [0.2, 0.25) is 0 Å². The zero-order valence-corrected chi connectivity index (χ0v) is 15.9. The Morgan fingerprint density at radius 1 is 1.40 bits per heavy atom. The van der Waals surface area contributed by atoms with Gasteiger partial charge in [-0.25, -0.2) is 4.79 Å². The van der Waals surface area contributed by atoms with Crippen molar-refractivity contribution in [2.75, 3.05) is 12.4 Å². The van der Waals surface area contributed by atoms with E-state index >= 15 is 0 Å². The quantitative estimate of drug-likeness (QED) is 0.813. The maximum atomic E-state index is 12.8. The molecule has 2 heterocycles. The van der Waals surface area contributed by atoms with Crippen LogP contribution in [-0.4, -0.2) is 32.7 Å². The second-order valence-corrected chi connectivity index (χ2v) is 6.72. The fourth-order valence-electron chi connectivity index (χ4n) is 2.78. The summed E-state index contributed by atoms with van der Waals surface area (Å²) in [6.45, 7) is 6.33. The van der Waals surface area contributed by atoms with Crippen LogP contribution in [0.3, 0.4) is 0 Å². The average Bonchev–Trinajstić information content (AvgIpc) is 2.97. The number of carbonyl (C=O) groups is 1. The van der Waals surface area contributed by atoms with Crippen LogP contribution in [0.5, 0.6) is 0 Å². The molecule has 0 aliphatic rings. The second-order valence-electron chi connectivity index (χ2n) is 6.72. The van der Waals surface area contributed by atoms with Crippen molar-refractivity contribution < 1.29 is 4.79 Å². The summed E-state index contributed by atoms with van der Waals surface area (Å²) in [4.78, 5) is 18.7. The lowest BCUT2D eigenvalue weighted by Gasteiger charge is -2.28. The molecule has 6 heteroatoms. The average molecular weight is 343 g/mol. The number of nitrogens with zero attached hydrogens (tertiary/aromatic N) is 4. The Bertz CT molecular complexity index is 680. The molecule has 1 unspecified atom stereocenters. The van der Waals surface area contributed by atoms with E-state index < -0.39 is 0 Å². The Morgan fingerprint density at radius 2 is 2.16 bits per heavy atom. The summed E-state index contributed by atoms with van der Waals surface area (Å²) in [5.41, 5.74) is 2.02.